The van der Waals surface area contributed by atoms with Crippen LogP contribution in [0.3, 0.4) is 0 Å². The standard InChI is InChI=1S/2C6H11N2.C4H10.HO3P/c2*1-3-8(2)5-4-7-6-8;1-3-4-2;1-4(2)3/h2*4-6H,3H2,1-2H3;3-4H2,1-2H3;(H,1,2,3)/q2*+1;;/p-1. The highest BCUT2D eigenvalue weighted by Crippen LogP contribution is 2.04. The lowest BCUT2D eigenvalue weighted by molar-refractivity contribution is -0.754. The monoisotopic (exact) mass is 359 g/mol. The summed E-state index contributed by atoms with van der Waals surface area (Å²) in [4.78, 5) is 24.9. The zero-order chi connectivity index (χ0) is 19.1. The molecule has 2 aliphatic heterocycles. The van der Waals surface area contributed by atoms with Gasteiger partial charge in [-0.25, -0.2) is 9.98 Å². The number of hydrogen-bond acceptors (Lipinski definition) is 5. The second kappa shape index (κ2) is 14.1. The number of hydrogen-bond donors (Lipinski definition) is 0. The fourth-order valence-electron chi connectivity index (χ4n) is 1.21. The molecule has 2 atom stereocenters. The normalized spacial score (nSPS) is 25.2. The van der Waals surface area contributed by atoms with Crippen LogP contribution in [0.4, 0.5) is 0 Å². The molecule has 2 unspecified atom stereocenters. The molecule has 0 aromatic heterocycles. The Bertz CT molecular complexity index is 398. The highest BCUT2D eigenvalue weighted by atomic mass is 31.1. The zero-order valence-electron chi connectivity index (χ0n) is 15.8. The minimum absolute atomic E-state index is 0.847. The maximum absolute atomic E-state index is 8.48. The Morgan fingerprint density at radius 3 is 1.21 bits per heavy atom. The van der Waals surface area contributed by atoms with Gasteiger partial charge in [0.1, 0.15) is 12.4 Å². The van der Waals surface area contributed by atoms with Gasteiger partial charge in [-0.2, -0.15) is 0 Å². The molecule has 8 heteroatoms. The van der Waals surface area contributed by atoms with Crippen LogP contribution in [0, 0.1) is 0 Å². The van der Waals surface area contributed by atoms with Gasteiger partial charge in [-0.1, -0.05) is 31.3 Å². The molecule has 0 bridgehead atoms. The van der Waals surface area contributed by atoms with Crippen molar-refractivity contribution in [2.24, 2.45) is 9.98 Å². The lowest BCUT2D eigenvalue weighted by Crippen LogP contribution is -2.33. The molecule has 0 N–H and O–H groups in total. The van der Waals surface area contributed by atoms with E-state index in [4.69, 9.17) is 14.4 Å². The maximum atomic E-state index is 8.48. The van der Waals surface area contributed by atoms with E-state index in [1.54, 1.807) is 0 Å². The molecule has 2 rings (SSSR count). The van der Waals surface area contributed by atoms with Crippen molar-refractivity contribution in [1.29, 1.82) is 0 Å². The summed E-state index contributed by atoms with van der Waals surface area (Å²) in [7, 11) is 0.866. The summed E-state index contributed by atoms with van der Waals surface area (Å²) in [5.41, 5.74) is 0. The van der Waals surface area contributed by atoms with Crippen LogP contribution < -0.4 is 9.79 Å². The Labute approximate surface area is 147 Å². The molecule has 2 aliphatic rings. The third kappa shape index (κ3) is 14.4. The van der Waals surface area contributed by atoms with E-state index in [0.717, 1.165) is 22.1 Å². The number of quaternary nitrogens is 2. The van der Waals surface area contributed by atoms with Gasteiger partial charge >= 0.3 is 0 Å². The van der Waals surface area contributed by atoms with E-state index in [1.165, 1.54) is 12.8 Å². The summed E-state index contributed by atoms with van der Waals surface area (Å²) >= 11 is 0. The van der Waals surface area contributed by atoms with Crippen LogP contribution in [0.5, 0.6) is 0 Å². The first-order chi connectivity index (χ1) is 11.2. The van der Waals surface area contributed by atoms with Crippen molar-refractivity contribution in [1.82, 2.24) is 0 Å². The maximum Gasteiger partial charge on any atom is 0.276 e. The molecule has 0 aromatic carbocycles. The Hall–Kier alpha value is -1.24. The molecule has 0 aliphatic carbocycles. The molecule has 0 aromatic rings. The van der Waals surface area contributed by atoms with Gasteiger partial charge in [0.25, 0.3) is 8.25 Å². The van der Waals surface area contributed by atoms with E-state index in [2.05, 4.69) is 64.2 Å². The van der Waals surface area contributed by atoms with Crippen molar-refractivity contribution in [3.63, 3.8) is 0 Å². The van der Waals surface area contributed by atoms with Crippen LogP contribution in [-0.4, -0.2) is 48.8 Å². The molecule has 2 heterocycles. The molecule has 0 saturated carbocycles. The second-order valence-corrected chi connectivity index (χ2v) is 6.12. The quantitative estimate of drug-likeness (QED) is 0.571. The fourth-order valence-corrected chi connectivity index (χ4v) is 1.21. The summed E-state index contributed by atoms with van der Waals surface area (Å²) in [6.45, 7) is 10.8. The van der Waals surface area contributed by atoms with E-state index < -0.39 is 8.25 Å². The summed E-state index contributed by atoms with van der Waals surface area (Å²) in [6.07, 6.45) is 14.3. The van der Waals surface area contributed by atoms with Crippen LogP contribution in [0.15, 0.2) is 34.8 Å². The van der Waals surface area contributed by atoms with Gasteiger partial charge < -0.3 is 9.79 Å². The van der Waals surface area contributed by atoms with Gasteiger partial charge in [-0.3, -0.25) is 8.97 Å². The smallest absolute Gasteiger partial charge is 0.276 e. The number of rotatable bonds is 3. The summed E-state index contributed by atoms with van der Waals surface area (Å²) in [5, 5.41) is 0. The van der Waals surface area contributed by atoms with Crippen LogP contribution in [0.25, 0.3) is 0 Å². The predicted molar refractivity (Wildman–Crippen MR) is 96.9 cm³/mol. The molecule has 7 nitrogen and oxygen atoms in total. The van der Waals surface area contributed by atoms with Crippen LogP contribution in [0.2, 0.25) is 0 Å². The lowest BCUT2D eigenvalue weighted by atomic mass is 10.4. The van der Waals surface area contributed by atoms with E-state index >= 15 is 0 Å². The predicted octanol–water partition coefficient (Wildman–Crippen LogP) is 2.10. The molecule has 0 saturated heterocycles. The Morgan fingerprint density at radius 2 is 1.12 bits per heavy atom. The Morgan fingerprint density at radius 1 is 0.833 bits per heavy atom. The number of aliphatic imine (C=N–C) groups is 2. The van der Waals surface area contributed by atoms with Crippen LogP contribution in [0.1, 0.15) is 40.5 Å². The minimum atomic E-state index is -3.37. The Kier molecular flexibility index (Phi) is 14.7. The van der Waals surface area contributed by atoms with Gasteiger partial charge in [-0.05, 0) is 13.8 Å². The molecule has 0 fully saturated rings. The van der Waals surface area contributed by atoms with Gasteiger partial charge in [-0.15, -0.1) is 0 Å². The summed E-state index contributed by atoms with van der Waals surface area (Å²) in [6, 6.07) is 0. The average Bonchev–Trinajstić information content (AvgIpc) is 3.18. The first-order valence-corrected chi connectivity index (χ1v) is 9.23. The van der Waals surface area contributed by atoms with E-state index in [-0.39, 0.29) is 0 Å². The van der Waals surface area contributed by atoms with Gasteiger partial charge in [0, 0.05) is 0 Å². The van der Waals surface area contributed by atoms with Gasteiger partial charge in [0.05, 0.1) is 39.6 Å². The van der Waals surface area contributed by atoms with E-state index in [1.807, 2.05) is 25.1 Å². The van der Waals surface area contributed by atoms with E-state index in [9.17, 15) is 0 Å². The Balaban J connectivity index is 0. The van der Waals surface area contributed by atoms with Crippen molar-refractivity contribution in [3.05, 3.63) is 24.8 Å². The SMILES string of the molecule is CCCC.CC[N+]1(C)C=CN=C1.CC[N+]1(C)C=CN=C1.O=[P+]([O-])[O-]. The molecule has 24 heavy (non-hydrogen) atoms. The third-order valence-corrected chi connectivity index (χ3v) is 3.51. The summed E-state index contributed by atoms with van der Waals surface area (Å²) < 4.78 is 10.2. The lowest BCUT2D eigenvalue weighted by Gasteiger charge is -2.18. The highest BCUT2D eigenvalue weighted by Gasteiger charge is 2.15. The highest BCUT2D eigenvalue weighted by molar-refractivity contribution is 7.27. The van der Waals surface area contributed by atoms with Crippen LogP contribution >= 0.6 is 8.25 Å². The van der Waals surface area contributed by atoms with E-state index in [0.29, 0.717) is 0 Å². The van der Waals surface area contributed by atoms with Crippen LogP contribution in [-0.2, 0) is 4.57 Å². The van der Waals surface area contributed by atoms with Crippen molar-refractivity contribution < 1.29 is 23.3 Å². The van der Waals surface area contributed by atoms with Crippen molar-refractivity contribution in [2.45, 2.75) is 40.5 Å². The minimum Gasteiger partial charge on any atom is -0.598 e. The largest absolute Gasteiger partial charge is 0.598 e. The van der Waals surface area contributed by atoms with Crippen molar-refractivity contribution >= 4 is 20.9 Å². The van der Waals surface area contributed by atoms with Crippen molar-refractivity contribution in [2.75, 3.05) is 27.2 Å². The first-order valence-electron chi connectivity index (χ1n) is 8.14. The molecular formula is C16H32N4O3P+. The zero-order valence-corrected chi connectivity index (χ0v) is 16.6. The molecule has 0 spiro atoms. The molecule has 0 amide bonds. The third-order valence-electron chi connectivity index (χ3n) is 3.51. The molecule has 138 valence electrons. The molecular weight excluding hydrogens is 327 g/mol. The summed E-state index contributed by atoms with van der Waals surface area (Å²) in [5.74, 6) is 0. The van der Waals surface area contributed by atoms with Gasteiger partial charge in [0.15, 0.2) is 12.7 Å². The van der Waals surface area contributed by atoms with Gasteiger partial charge in [0.2, 0.25) is 0 Å². The second-order valence-electron chi connectivity index (χ2n) is 5.68. The van der Waals surface area contributed by atoms with Crippen molar-refractivity contribution in [3.8, 4) is 0 Å². The average molecular weight is 359 g/mol. The number of nitrogens with zero attached hydrogens (tertiary/aromatic N) is 4. The first kappa shape index (κ1) is 25.0. The number of unbranched alkanes of at least 4 members (excludes halogenated alkanes) is 1. The topological polar surface area (TPSA) is 87.9 Å². The fraction of sp³-hybridized carbons (Fsp3) is 0.625. The molecule has 0 radical (unpaired) electrons.